The monoisotopic (exact) mass is 446 g/mol. The van der Waals surface area contributed by atoms with Crippen molar-refractivity contribution >= 4 is 22.6 Å². The summed E-state index contributed by atoms with van der Waals surface area (Å²) in [5.74, 6) is -2.33. The van der Waals surface area contributed by atoms with Crippen LogP contribution in [0.4, 0.5) is 14.5 Å². The van der Waals surface area contributed by atoms with E-state index in [1.807, 2.05) is 6.07 Å². The zero-order valence-electron chi connectivity index (χ0n) is 17.1. The molecular formula is C24H16F2N4O3. The van der Waals surface area contributed by atoms with Crippen molar-refractivity contribution < 1.29 is 13.6 Å². The van der Waals surface area contributed by atoms with Crippen LogP contribution < -0.4 is 16.3 Å². The molecule has 4 rings (SSSR count). The van der Waals surface area contributed by atoms with Gasteiger partial charge in [0, 0.05) is 23.5 Å². The zero-order valence-corrected chi connectivity index (χ0v) is 17.1. The second-order valence-corrected chi connectivity index (χ2v) is 7.27. The van der Waals surface area contributed by atoms with E-state index < -0.39 is 28.5 Å². The Hall–Kier alpha value is -4.58. The molecule has 0 aliphatic heterocycles. The molecule has 0 bridgehead atoms. The zero-order chi connectivity index (χ0) is 23.5. The van der Waals surface area contributed by atoms with Gasteiger partial charge >= 0.3 is 0 Å². The minimum absolute atomic E-state index is 0.156. The lowest BCUT2D eigenvalue weighted by atomic mass is 10.1. The second-order valence-electron chi connectivity index (χ2n) is 7.27. The Morgan fingerprint density at radius 3 is 2.39 bits per heavy atom. The molecular weight excluding hydrogens is 430 g/mol. The van der Waals surface area contributed by atoms with Crippen molar-refractivity contribution in [3.8, 4) is 6.07 Å². The van der Waals surface area contributed by atoms with Crippen LogP contribution in [0, 0.1) is 23.0 Å². The van der Waals surface area contributed by atoms with Gasteiger partial charge in [-0.05, 0) is 35.9 Å². The lowest BCUT2D eigenvalue weighted by molar-refractivity contribution is 0.102. The summed E-state index contributed by atoms with van der Waals surface area (Å²) in [4.78, 5) is 40.1. The van der Waals surface area contributed by atoms with Gasteiger partial charge in [0.1, 0.15) is 22.7 Å². The first-order chi connectivity index (χ1) is 15.9. The summed E-state index contributed by atoms with van der Waals surface area (Å²) in [5.41, 5.74) is -0.672. The number of hydrogen-bond donors (Lipinski definition) is 2. The van der Waals surface area contributed by atoms with E-state index in [1.165, 1.54) is 29.0 Å². The van der Waals surface area contributed by atoms with Crippen LogP contribution in [-0.4, -0.2) is 15.5 Å². The number of H-pyrrole nitrogens is 1. The molecule has 9 heteroatoms. The van der Waals surface area contributed by atoms with Crippen molar-refractivity contribution in [2.75, 3.05) is 5.32 Å². The fraction of sp³-hybridized carbons (Fsp3) is 0.0833. The molecule has 0 aliphatic rings. The molecule has 2 N–H and O–H groups in total. The number of carbonyl (C=O) groups is 1. The average molecular weight is 446 g/mol. The summed E-state index contributed by atoms with van der Waals surface area (Å²) in [5, 5.41) is 11.3. The number of pyridine rings is 2. The predicted octanol–water partition coefficient (Wildman–Crippen LogP) is 3.33. The topological polar surface area (TPSA) is 108 Å². The van der Waals surface area contributed by atoms with Crippen LogP contribution in [0.1, 0.15) is 21.5 Å². The third-order valence-corrected chi connectivity index (χ3v) is 5.09. The number of aromatic amines is 1. The van der Waals surface area contributed by atoms with Gasteiger partial charge in [0.2, 0.25) is 11.0 Å². The standard InChI is InChI=1S/C24H16F2N4O3/c25-18-2-1-3-19(26)16(18)12-30-13-17(23(32)22-20(30)8-9-21(31)29-22)24(33)28-15-6-4-14(5-7-15)10-11-27/h1-9,13H,10,12H2,(H,28,33)(H,29,31). The van der Waals surface area contributed by atoms with E-state index in [0.29, 0.717) is 5.69 Å². The second kappa shape index (κ2) is 8.88. The first-order valence-corrected chi connectivity index (χ1v) is 9.84. The molecule has 2 aromatic carbocycles. The summed E-state index contributed by atoms with van der Waals surface area (Å²) in [6.45, 7) is -0.315. The van der Waals surface area contributed by atoms with E-state index in [9.17, 15) is 23.2 Å². The minimum Gasteiger partial charge on any atom is -0.341 e. The van der Waals surface area contributed by atoms with Gasteiger partial charge in [-0.25, -0.2) is 8.78 Å². The molecule has 0 unspecified atom stereocenters. The van der Waals surface area contributed by atoms with Gasteiger partial charge in [-0.1, -0.05) is 18.2 Å². The van der Waals surface area contributed by atoms with Crippen molar-refractivity contribution in [3.63, 3.8) is 0 Å². The van der Waals surface area contributed by atoms with Crippen LogP contribution in [-0.2, 0) is 13.0 Å². The molecule has 0 saturated carbocycles. The van der Waals surface area contributed by atoms with E-state index in [1.54, 1.807) is 24.3 Å². The SMILES string of the molecule is N#CCc1ccc(NC(=O)c2cn(Cc3c(F)cccc3F)c3ccc(=O)[nH]c3c2=O)cc1. The average Bonchev–Trinajstić information content (AvgIpc) is 2.79. The highest BCUT2D eigenvalue weighted by Crippen LogP contribution is 2.18. The quantitative estimate of drug-likeness (QED) is 0.490. The normalized spacial score (nSPS) is 10.7. The molecule has 0 atom stereocenters. The summed E-state index contributed by atoms with van der Waals surface area (Å²) in [6.07, 6.45) is 1.41. The summed E-state index contributed by atoms with van der Waals surface area (Å²) in [7, 11) is 0. The van der Waals surface area contributed by atoms with Gasteiger partial charge < -0.3 is 14.9 Å². The number of amides is 1. The molecule has 33 heavy (non-hydrogen) atoms. The Bertz CT molecular complexity index is 1510. The maximum absolute atomic E-state index is 14.2. The highest BCUT2D eigenvalue weighted by molar-refractivity contribution is 6.05. The van der Waals surface area contributed by atoms with Crippen LogP contribution in [0.3, 0.4) is 0 Å². The molecule has 0 saturated heterocycles. The maximum atomic E-state index is 14.2. The number of rotatable bonds is 5. The highest BCUT2D eigenvalue weighted by Gasteiger charge is 2.18. The van der Waals surface area contributed by atoms with Gasteiger partial charge in [-0.2, -0.15) is 5.26 Å². The first-order valence-electron chi connectivity index (χ1n) is 9.84. The first kappa shape index (κ1) is 21.6. The molecule has 0 spiro atoms. The number of nitrogens with one attached hydrogen (secondary N) is 2. The number of nitriles is 1. The Balaban J connectivity index is 1.79. The Kier molecular flexibility index (Phi) is 5.83. The van der Waals surface area contributed by atoms with Crippen molar-refractivity contribution in [3.05, 3.63) is 110 Å². The van der Waals surface area contributed by atoms with Gasteiger partial charge in [0.15, 0.2) is 0 Å². The Morgan fingerprint density at radius 1 is 1.03 bits per heavy atom. The molecule has 0 radical (unpaired) electrons. The third-order valence-electron chi connectivity index (χ3n) is 5.09. The van der Waals surface area contributed by atoms with Crippen LogP contribution in [0.25, 0.3) is 11.0 Å². The fourth-order valence-corrected chi connectivity index (χ4v) is 3.44. The number of hydrogen-bond acceptors (Lipinski definition) is 4. The predicted molar refractivity (Wildman–Crippen MR) is 118 cm³/mol. The van der Waals surface area contributed by atoms with E-state index in [-0.39, 0.29) is 35.1 Å². The van der Waals surface area contributed by atoms with Gasteiger partial charge in [-0.3, -0.25) is 14.4 Å². The molecule has 0 fully saturated rings. The number of benzene rings is 2. The number of aromatic nitrogens is 2. The molecule has 1 amide bonds. The van der Waals surface area contributed by atoms with E-state index >= 15 is 0 Å². The van der Waals surface area contributed by atoms with Crippen molar-refractivity contribution in [1.82, 2.24) is 9.55 Å². The molecule has 7 nitrogen and oxygen atoms in total. The molecule has 2 aromatic heterocycles. The third kappa shape index (κ3) is 4.41. The lowest BCUT2D eigenvalue weighted by Gasteiger charge is -2.14. The minimum atomic E-state index is -0.783. The summed E-state index contributed by atoms with van der Waals surface area (Å²) >= 11 is 0. The van der Waals surface area contributed by atoms with E-state index in [2.05, 4.69) is 10.3 Å². The Morgan fingerprint density at radius 2 is 1.73 bits per heavy atom. The van der Waals surface area contributed by atoms with Gasteiger partial charge in [0.25, 0.3) is 5.91 Å². The maximum Gasteiger partial charge on any atom is 0.261 e. The molecule has 0 aliphatic carbocycles. The molecule has 4 aromatic rings. The van der Waals surface area contributed by atoms with Crippen molar-refractivity contribution in [2.45, 2.75) is 13.0 Å². The largest absolute Gasteiger partial charge is 0.341 e. The fourth-order valence-electron chi connectivity index (χ4n) is 3.44. The number of anilines is 1. The van der Waals surface area contributed by atoms with Gasteiger partial charge in [-0.15, -0.1) is 0 Å². The number of carbonyl (C=O) groups excluding carboxylic acids is 1. The van der Waals surface area contributed by atoms with Crippen molar-refractivity contribution in [2.24, 2.45) is 0 Å². The number of fused-ring (bicyclic) bond motifs is 1. The molecule has 2 heterocycles. The van der Waals surface area contributed by atoms with E-state index in [4.69, 9.17) is 5.26 Å². The Labute approximate surface area is 185 Å². The summed E-state index contributed by atoms with van der Waals surface area (Å²) in [6, 6.07) is 14.5. The highest BCUT2D eigenvalue weighted by atomic mass is 19.1. The van der Waals surface area contributed by atoms with Crippen molar-refractivity contribution in [1.29, 1.82) is 5.26 Å². The number of halogens is 2. The van der Waals surface area contributed by atoms with E-state index in [0.717, 1.165) is 17.7 Å². The smallest absolute Gasteiger partial charge is 0.261 e. The van der Waals surface area contributed by atoms with Gasteiger partial charge in [0.05, 0.1) is 24.6 Å². The van der Waals surface area contributed by atoms with Crippen LogP contribution in [0.5, 0.6) is 0 Å². The number of nitrogens with zero attached hydrogens (tertiary/aromatic N) is 2. The van der Waals surface area contributed by atoms with Crippen LogP contribution in [0.2, 0.25) is 0 Å². The van der Waals surface area contributed by atoms with Crippen LogP contribution in [0.15, 0.2) is 70.4 Å². The summed E-state index contributed by atoms with van der Waals surface area (Å²) < 4.78 is 29.8. The molecule has 164 valence electrons. The van der Waals surface area contributed by atoms with Crippen LogP contribution >= 0.6 is 0 Å². The lowest BCUT2D eigenvalue weighted by Crippen LogP contribution is -2.26.